The van der Waals surface area contributed by atoms with Gasteiger partial charge in [0.15, 0.2) is 0 Å². The van der Waals surface area contributed by atoms with Crippen molar-refractivity contribution in [3.05, 3.63) is 40.4 Å². The Hall–Kier alpha value is -1.33. The minimum atomic E-state index is 0.225. The highest BCUT2D eigenvalue weighted by molar-refractivity contribution is 7.09. The van der Waals surface area contributed by atoms with Crippen LogP contribution in [0.5, 0.6) is 0 Å². The van der Waals surface area contributed by atoms with Crippen LogP contribution in [0, 0.1) is 6.92 Å². The molecule has 5 heteroatoms. The van der Waals surface area contributed by atoms with Gasteiger partial charge in [0.05, 0.1) is 16.4 Å². The van der Waals surface area contributed by atoms with Gasteiger partial charge in [0.1, 0.15) is 0 Å². The van der Waals surface area contributed by atoms with Gasteiger partial charge in [0.25, 0.3) is 0 Å². The van der Waals surface area contributed by atoms with E-state index < -0.39 is 0 Å². The van der Waals surface area contributed by atoms with Gasteiger partial charge in [-0.15, -0.1) is 11.3 Å². The van der Waals surface area contributed by atoms with Crippen LogP contribution >= 0.6 is 11.3 Å². The fourth-order valence-electron chi connectivity index (χ4n) is 1.58. The molecule has 1 unspecified atom stereocenters. The van der Waals surface area contributed by atoms with Crippen LogP contribution in [0.3, 0.4) is 0 Å². The smallest absolute Gasteiger partial charge is 0.0897 e. The van der Waals surface area contributed by atoms with Gasteiger partial charge in [-0.05, 0) is 13.8 Å². The van der Waals surface area contributed by atoms with Gasteiger partial charge >= 0.3 is 0 Å². The van der Waals surface area contributed by atoms with Crippen molar-refractivity contribution < 1.29 is 0 Å². The third-order valence-corrected chi connectivity index (χ3v) is 3.35. The summed E-state index contributed by atoms with van der Waals surface area (Å²) in [4.78, 5) is 12.8. The summed E-state index contributed by atoms with van der Waals surface area (Å²) in [5.74, 6) is 0. The number of rotatable bonds is 5. The molecule has 2 aromatic heterocycles. The molecule has 2 heterocycles. The lowest BCUT2D eigenvalue weighted by atomic mass is 10.2. The van der Waals surface area contributed by atoms with E-state index in [0.717, 1.165) is 29.4 Å². The van der Waals surface area contributed by atoms with Crippen molar-refractivity contribution >= 4 is 11.3 Å². The van der Waals surface area contributed by atoms with Gasteiger partial charge < -0.3 is 5.32 Å². The molecule has 0 radical (unpaired) electrons. The zero-order chi connectivity index (χ0) is 12.1. The third kappa shape index (κ3) is 3.57. The lowest BCUT2D eigenvalue weighted by Gasteiger charge is -2.11. The first-order chi connectivity index (χ1) is 8.25. The van der Waals surface area contributed by atoms with Gasteiger partial charge in [0.2, 0.25) is 0 Å². The average molecular weight is 248 g/mol. The van der Waals surface area contributed by atoms with E-state index in [-0.39, 0.29) is 6.04 Å². The molecule has 0 aliphatic carbocycles. The Labute approximate surface area is 105 Å². The van der Waals surface area contributed by atoms with Crippen molar-refractivity contribution in [3.8, 4) is 0 Å². The van der Waals surface area contributed by atoms with Gasteiger partial charge in [-0.3, -0.25) is 9.97 Å². The zero-order valence-electron chi connectivity index (χ0n) is 10.1. The highest BCUT2D eigenvalue weighted by Gasteiger charge is 2.06. The first kappa shape index (κ1) is 12.1. The highest BCUT2D eigenvalue weighted by Crippen LogP contribution is 2.09. The molecule has 2 rings (SSSR count). The lowest BCUT2D eigenvalue weighted by molar-refractivity contribution is 0.560. The number of aryl methyl sites for hydroxylation is 1. The molecule has 0 bridgehead atoms. The molecule has 0 saturated heterocycles. The fourth-order valence-corrected chi connectivity index (χ4v) is 2.23. The maximum absolute atomic E-state index is 4.43. The second kappa shape index (κ2) is 5.84. The molecule has 2 aromatic rings. The summed E-state index contributed by atoms with van der Waals surface area (Å²) in [5, 5.41) is 6.66. The van der Waals surface area contributed by atoms with E-state index in [1.807, 2.05) is 6.92 Å². The molecule has 0 saturated carbocycles. The summed E-state index contributed by atoms with van der Waals surface area (Å²) >= 11 is 1.70. The number of hydrogen-bond donors (Lipinski definition) is 1. The van der Waals surface area contributed by atoms with Crippen molar-refractivity contribution in [3.63, 3.8) is 0 Å². The molecule has 90 valence electrons. The molecule has 0 amide bonds. The number of hydrogen-bond acceptors (Lipinski definition) is 5. The summed E-state index contributed by atoms with van der Waals surface area (Å²) in [5.41, 5.74) is 2.13. The Morgan fingerprint density at radius 3 is 2.94 bits per heavy atom. The number of thiazole rings is 1. The molecular weight excluding hydrogens is 232 g/mol. The summed E-state index contributed by atoms with van der Waals surface area (Å²) in [6, 6.07) is 0.225. The fraction of sp³-hybridized carbons (Fsp3) is 0.417. The molecule has 4 nitrogen and oxygen atoms in total. The third-order valence-electron chi connectivity index (χ3n) is 2.53. The van der Waals surface area contributed by atoms with Crippen molar-refractivity contribution in [2.75, 3.05) is 6.54 Å². The SMILES string of the molecule is Cc1nc(CCNC(C)c2cnccn2)cs1. The quantitative estimate of drug-likeness (QED) is 0.880. The molecule has 1 atom stereocenters. The van der Waals surface area contributed by atoms with Crippen molar-refractivity contribution in [1.29, 1.82) is 0 Å². The van der Waals surface area contributed by atoms with Crippen LogP contribution < -0.4 is 5.32 Å². The van der Waals surface area contributed by atoms with Crippen LogP contribution in [0.2, 0.25) is 0 Å². The van der Waals surface area contributed by atoms with Crippen LogP contribution in [-0.2, 0) is 6.42 Å². The van der Waals surface area contributed by atoms with E-state index in [2.05, 4.69) is 32.6 Å². The zero-order valence-corrected chi connectivity index (χ0v) is 10.9. The Morgan fingerprint density at radius 2 is 2.29 bits per heavy atom. The van der Waals surface area contributed by atoms with Crippen molar-refractivity contribution in [2.45, 2.75) is 26.3 Å². The van der Waals surface area contributed by atoms with E-state index >= 15 is 0 Å². The predicted molar refractivity (Wildman–Crippen MR) is 69.0 cm³/mol. The summed E-state index contributed by atoms with van der Waals surface area (Å²) < 4.78 is 0. The molecule has 0 aliphatic heterocycles. The average Bonchev–Trinajstić information content (AvgIpc) is 2.76. The van der Waals surface area contributed by atoms with Gasteiger partial charge in [-0.2, -0.15) is 0 Å². The monoisotopic (exact) mass is 248 g/mol. The Kier molecular flexibility index (Phi) is 4.17. The Bertz CT molecular complexity index is 455. The standard InChI is InChI=1S/C12H16N4S/c1-9(12-7-13-5-6-15-12)14-4-3-11-8-17-10(2)16-11/h5-9,14H,3-4H2,1-2H3. The second-order valence-electron chi connectivity index (χ2n) is 3.91. The van der Waals surface area contributed by atoms with E-state index in [0.29, 0.717) is 0 Å². The Balaban J connectivity index is 1.79. The lowest BCUT2D eigenvalue weighted by Crippen LogP contribution is -2.22. The van der Waals surface area contributed by atoms with E-state index in [9.17, 15) is 0 Å². The second-order valence-corrected chi connectivity index (χ2v) is 4.98. The van der Waals surface area contributed by atoms with Crippen molar-refractivity contribution in [2.24, 2.45) is 0 Å². The van der Waals surface area contributed by atoms with Gasteiger partial charge in [-0.1, -0.05) is 0 Å². The van der Waals surface area contributed by atoms with Crippen LogP contribution in [-0.4, -0.2) is 21.5 Å². The number of aromatic nitrogens is 3. The maximum Gasteiger partial charge on any atom is 0.0897 e. The first-order valence-electron chi connectivity index (χ1n) is 5.66. The first-order valence-corrected chi connectivity index (χ1v) is 6.54. The molecule has 1 N–H and O–H groups in total. The highest BCUT2D eigenvalue weighted by atomic mass is 32.1. The van der Waals surface area contributed by atoms with Crippen LogP contribution in [0.15, 0.2) is 24.0 Å². The minimum absolute atomic E-state index is 0.225. The van der Waals surface area contributed by atoms with E-state index in [4.69, 9.17) is 0 Å². The minimum Gasteiger partial charge on any atom is -0.308 e. The molecule has 0 fully saturated rings. The van der Waals surface area contributed by atoms with E-state index in [1.54, 1.807) is 29.9 Å². The van der Waals surface area contributed by atoms with Gasteiger partial charge in [-0.25, -0.2) is 4.98 Å². The van der Waals surface area contributed by atoms with Crippen molar-refractivity contribution in [1.82, 2.24) is 20.3 Å². The molecule has 0 aromatic carbocycles. The summed E-state index contributed by atoms with van der Waals surface area (Å²) in [7, 11) is 0. The predicted octanol–water partition coefficient (Wildman–Crippen LogP) is 2.13. The van der Waals surface area contributed by atoms with Gasteiger partial charge in [0, 0.05) is 43.0 Å². The molecule has 0 aliphatic rings. The molecule has 0 spiro atoms. The van der Waals surface area contributed by atoms with Crippen LogP contribution in [0.25, 0.3) is 0 Å². The van der Waals surface area contributed by atoms with Crippen LogP contribution in [0.4, 0.5) is 0 Å². The normalized spacial score (nSPS) is 12.6. The molecular formula is C12H16N4S. The largest absolute Gasteiger partial charge is 0.308 e. The topological polar surface area (TPSA) is 50.7 Å². The summed E-state index contributed by atoms with van der Waals surface area (Å²) in [6.45, 7) is 5.03. The Morgan fingerprint density at radius 1 is 1.41 bits per heavy atom. The maximum atomic E-state index is 4.43. The number of nitrogens with one attached hydrogen (secondary N) is 1. The van der Waals surface area contributed by atoms with Crippen LogP contribution in [0.1, 0.15) is 29.4 Å². The number of nitrogens with zero attached hydrogens (tertiary/aromatic N) is 3. The van der Waals surface area contributed by atoms with E-state index in [1.165, 1.54) is 0 Å². The summed E-state index contributed by atoms with van der Waals surface area (Å²) in [6.07, 6.45) is 6.16. The molecule has 17 heavy (non-hydrogen) atoms.